The normalized spacial score (nSPS) is 43.9. The number of amides is 1. The molecule has 0 aromatic heterocycles. The maximum Gasteiger partial charge on any atom is 0.236 e. The van der Waals surface area contributed by atoms with Gasteiger partial charge in [0.05, 0.1) is 15.8 Å². The van der Waals surface area contributed by atoms with Crippen LogP contribution in [0, 0.1) is 34.5 Å². The van der Waals surface area contributed by atoms with Gasteiger partial charge in [-0.2, -0.15) is 5.26 Å². The van der Waals surface area contributed by atoms with Crippen molar-refractivity contribution in [2.24, 2.45) is 23.2 Å². The standard InChI is InChI=1S/C15H21BrN2O/c1-14(2,16)13(19)18-12-10-3-9-4-11(12)7-15(5-9,6-10)8-17/h9-12H,3-7H2,1-2H3,(H,18,19). The van der Waals surface area contributed by atoms with E-state index >= 15 is 0 Å². The van der Waals surface area contributed by atoms with E-state index in [1.165, 1.54) is 12.8 Å². The number of nitrogens with one attached hydrogen (secondary N) is 1. The summed E-state index contributed by atoms with van der Waals surface area (Å²) in [5, 5.41) is 12.7. The fourth-order valence-electron chi connectivity index (χ4n) is 4.72. The molecule has 0 spiro atoms. The Balaban J connectivity index is 1.77. The summed E-state index contributed by atoms with van der Waals surface area (Å²) in [6.45, 7) is 3.77. The van der Waals surface area contributed by atoms with Crippen LogP contribution in [0.1, 0.15) is 46.0 Å². The average Bonchev–Trinajstić information content (AvgIpc) is 2.31. The van der Waals surface area contributed by atoms with Gasteiger partial charge in [-0.1, -0.05) is 15.9 Å². The number of carbonyl (C=O) groups excluding carboxylic acids is 1. The minimum absolute atomic E-state index is 0.0678. The first-order valence-corrected chi connectivity index (χ1v) is 8.03. The molecular formula is C15H21BrN2O. The maximum absolute atomic E-state index is 12.2. The van der Waals surface area contributed by atoms with Gasteiger partial charge in [-0.05, 0) is 63.7 Å². The Morgan fingerprint density at radius 1 is 1.32 bits per heavy atom. The summed E-state index contributed by atoms with van der Waals surface area (Å²) in [5.74, 6) is 1.84. The second-order valence-electron chi connectivity index (χ2n) is 7.33. The van der Waals surface area contributed by atoms with Crippen LogP contribution in [0.5, 0.6) is 0 Å². The smallest absolute Gasteiger partial charge is 0.236 e. The van der Waals surface area contributed by atoms with Crippen molar-refractivity contribution in [1.82, 2.24) is 5.32 Å². The maximum atomic E-state index is 12.2. The molecule has 3 nitrogen and oxygen atoms in total. The molecule has 4 bridgehead atoms. The highest BCUT2D eigenvalue weighted by Crippen LogP contribution is 2.59. The lowest BCUT2D eigenvalue weighted by atomic mass is 9.48. The van der Waals surface area contributed by atoms with Gasteiger partial charge < -0.3 is 5.32 Å². The second-order valence-corrected chi connectivity index (χ2v) is 9.32. The molecule has 2 unspecified atom stereocenters. The number of alkyl halides is 1. The van der Waals surface area contributed by atoms with Gasteiger partial charge in [0.15, 0.2) is 0 Å². The molecule has 0 saturated heterocycles. The first kappa shape index (κ1) is 13.4. The minimum atomic E-state index is -0.505. The Bertz CT molecular complexity index is 432. The van der Waals surface area contributed by atoms with E-state index in [4.69, 9.17) is 0 Å². The van der Waals surface area contributed by atoms with Gasteiger partial charge in [-0.15, -0.1) is 0 Å². The first-order chi connectivity index (χ1) is 8.83. The van der Waals surface area contributed by atoms with Crippen LogP contribution in [0.25, 0.3) is 0 Å². The number of rotatable bonds is 2. The van der Waals surface area contributed by atoms with Crippen molar-refractivity contribution in [3.8, 4) is 6.07 Å². The molecule has 4 fully saturated rings. The molecular weight excluding hydrogens is 304 g/mol. The highest BCUT2D eigenvalue weighted by molar-refractivity contribution is 9.10. The molecule has 0 heterocycles. The number of hydrogen-bond donors (Lipinski definition) is 1. The Hall–Kier alpha value is -0.560. The number of nitriles is 1. The van der Waals surface area contributed by atoms with E-state index in [9.17, 15) is 10.1 Å². The zero-order valence-corrected chi connectivity index (χ0v) is 13.2. The van der Waals surface area contributed by atoms with E-state index in [-0.39, 0.29) is 11.3 Å². The molecule has 1 N–H and O–H groups in total. The monoisotopic (exact) mass is 324 g/mol. The van der Waals surface area contributed by atoms with Crippen LogP contribution >= 0.6 is 15.9 Å². The molecule has 4 aliphatic carbocycles. The molecule has 104 valence electrons. The van der Waals surface area contributed by atoms with Crippen LogP contribution in [-0.4, -0.2) is 16.3 Å². The summed E-state index contributed by atoms with van der Waals surface area (Å²) in [7, 11) is 0. The first-order valence-electron chi connectivity index (χ1n) is 7.24. The molecule has 4 saturated carbocycles. The van der Waals surface area contributed by atoms with Crippen LogP contribution < -0.4 is 5.32 Å². The van der Waals surface area contributed by atoms with Crippen molar-refractivity contribution in [1.29, 1.82) is 5.26 Å². The van der Waals surface area contributed by atoms with Gasteiger partial charge in [0, 0.05) is 6.04 Å². The van der Waals surface area contributed by atoms with Crippen molar-refractivity contribution in [2.75, 3.05) is 0 Å². The molecule has 0 aromatic carbocycles. The van der Waals surface area contributed by atoms with Crippen molar-refractivity contribution in [2.45, 2.75) is 56.3 Å². The largest absolute Gasteiger partial charge is 0.352 e. The predicted molar refractivity (Wildman–Crippen MR) is 76.5 cm³/mol. The van der Waals surface area contributed by atoms with Crippen LogP contribution in [0.15, 0.2) is 0 Å². The van der Waals surface area contributed by atoms with Crippen LogP contribution in [0.2, 0.25) is 0 Å². The van der Waals surface area contributed by atoms with Gasteiger partial charge >= 0.3 is 0 Å². The number of carbonyl (C=O) groups is 1. The van der Waals surface area contributed by atoms with Gasteiger partial charge in [0.2, 0.25) is 5.91 Å². The van der Waals surface area contributed by atoms with Crippen molar-refractivity contribution < 1.29 is 4.79 Å². The Morgan fingerprint density at radius 3 is 2.37 bits per heavy atom. The zero-order valence-electron chi connectivity index (χ0n) is 11.6. The van der Waals surface area contributed by atoms with Crippen LogP contribution in [0.3, 0.4) is 0 Å². The third-order valence-corrected chi connectivity index (χ3v) is 5.71. The molecule has 4 rings (SSSR count). The Labute approximate surface area is 123 Å². The summed E-state index contributed by atoms with van der Waals surface area (Å²) in [4.78, 5) is 12.2. The van der Waals surface area contributed by atoms with Crippen LogP contribution in [0.4, 0.5) is 0 Å². The summed E-state index contributed by atoms with van der Waals surface area (Å²) in [6.07, 6.45) is 5.48. The Morgan fingerprint density at radius 2 is 1.89 bits per heavy atom. The zero-order chi connectivity index (χ0) is 13.8. The van der Waals surface area contributed by atoms with E-state index in [1.54, 1.807) is 0 Å². The fraction of sp³-hybridized carbons (Fsp3) is 0.867. The van der Waals surface area contributed by atoms with E-state index in [0.29, 0.717) is 17.9 Å². The summed E-state index contributed by atoms with van der Waals surface area (Å²) in [5.41, 5.74) is -0.0678. The van der Waals surface area contributed by atoms with Gasteiger partial charge in [0.1, 0.15) is 0 Å². The highest BCUT2D eigenvalue weighted by Gasteiger charge is 2.56. The molecule has 2 atom stereocenters. The van der Waals surface area contributed by atoms with Gasteiger partial charge in [-0.3, -0.25) is 4.79 Å². The number of hydrogen-bond acceptors (Lipinski definition) is 2. The highest BCUT2D eigenvalue weighted by atomic mass is 79.9. The SMILES string of the molecule is CC(C)(Br)C(=O)NC1C2CC3CC1CC(C#N)(C3)C2. The van der Waals surface area contributed by atoms with E-state index < -0.39 is 4.32 Å². The van der Waals surface area contributed by atoms with Gasteiger partial charge in [0.25, 0.3) is 0 Å². The molecule has 0 aromatic rings. The second kappa shape index (κ2) is 4.22. The minimum Gasteiger partial charge on any atom is -0.352 e. The van der Waals surface area contributed by atoms with Crippen molar-refractivity contribution in [3.05, 3.63) is 0 Å². The molecule has 4 aliphatic rings. The third-order valence-electron chi connectivity index (χ3n) is 5.35. The van der Waals surface area contributed by atoms with E-state index in [2.05, 4.69) is 27.3 Å². The average molecular weight is 325 g/mol. The molecule has 4 heteroatoms. The fourth-order valence-corrected chi connectivity index (χ4v) is 4.83. The molecule has 0 aliphatic heterocycles. The summed E-state index contributed by atoms with van der Waals surface area (Å²) < 4.78 is -0.505. The molecule has 0 radical (unpaired) electrons. The lowest BCUT2D eigenvalue weighted by Gasteiger charge is -2.57. The third kappa shape index (κ3) is 2.20. The quantitative estimate of drug-likeness (QED) is 0.794. The molecule has 19 heavy (non-hydrogen) atoms. The summed E-state index contributed by atoms with van der Waals surface area (Å²) >= 11 is 3.43. The van der Waals surface area contributed by atoms with E-state index in [1.807, 2.05) is 13.8 Å². The molecule has 1 amide bonds. The van der Waals surface area contributed by atoms with Gasteiger partial charge in [-0.25, -0.2) is 0 Å². The van der Waals surface area contributed by atoms with E-state index in [0.717, 1.165) is 25.2 Å². The topological polar surface area (TPSA) is 52.9 Å². The number of halogens is 1. The predicted octanol–water partition coefficient (Wildman–Crippen LogP) is 2.99. The van der Waals surface area contributed by atoms with Crippen molar-refractivity contribution in [3.63, 3.8) is 0 Å². The lowest BCUT2D eigenvalue weighted by Crippen LogP contribution is -2.60. The van der Waals surface area contributed by atoms with Crippen molar-refractivity contribution >= 4 is 21.8 Å². The van der Waals surface area contributed by atoms with Crippen LogP contribution in [-0.2, 0) is 4.79 Å². The Kier molecular flexibility index (Phi) is 2.98. The lowest BCUT2D eigenvalue weighted by molar-refractivity contribution is -0.127. The summed E-state index contributed by atoms with van der Waals surface area (Å²) in [6, 6.07) is 2.89. The number of nitrogens with zero attached hydrogens (tertiary/aromatic N) is 1.